The number of benzene rings is 1. The van der Waals surface area contributed by atoms with Gasteiger partial charge in [-0.25, -0.2) is 4.79 Å². The summed E-state index contributed by atoms with van der Waals surface area (Å²) in [5.41, 5.74) is -0.717. The van der Waals surface area contributed by atoms with E-state index in [1.54, 1.807) is 6.08 Å². The summed E-state index contributed by atoms with van der Waals surface area (Å²) in [4.78, 5) is 61.2. The Balaban J connectivity index is 1.65. The number of imide groups is 1. The third-order valence-corrected chi connectivity index (χ3v) is 5.85. The molecule has 31 heavy (non-hydrogen) atoms. The van der Waals surface area contributed by atoms with Gasteiger partial charge in [-0.2, -0.15) is 0 Å². The minimum Gasteiger partial charge on any atom is -0.465 e. The number of nitro groups is 1. The normalized spacial score (nSPS) is 14.7. The van der Waals surface area contributed by atoms with Crippen LogP contribution in [-0.4, -0.2) is 53.0 Å². The van der Waals surface area contributed by atoms with Gasteiger partial charge in [0, 0.05) is 35.7 Å². The smallest absolute Gasteiger partial charge is 0.338 e. The van der Waals surface area contributed by atoms with E-state index in [9.17, 15) is 29.3 Å². The quantitative estimate of drug-likeness (QED) is 0.288. The fraction of sp³-hybridized carbons (Fsp3) is 0.158. The number of nitrogens with one attached hydrogen (secondary N) is 1. The molecule has 0 unspecified atom stereocenters. The van der Waals surface area contributed by atoms with Crippen LogP contribution in [0.5, 0.6) is 0 Å². The zero-order valence-corrected chi connectivity index (χ0v) is 17.7. The first-order valence-corrected chi connectivity index (χ1v) is 10.4. The Hall–Kier alpha value is -3.51. The summed E-state index contributed by atoms with van der Waals surface area (Å²) in [6.07, 6.45) is 1.63. The lowest BCUT2D eigenvalue weighted by Crippen LogP contribution is -2.37. The van der Waals surface area contributed by atoms with Crippen molar-refractivity contribution in [1.29, 1.82) is 0 Å². The van der Waals surface area contributed by atoms with Crippen LogP contribution >= 0.6 is 23.1 Å². The Morgan fingerprint density at radius 3 is 2.65 bits per heavy atom. The van der Waals surface area contributed by atoms with Crippen LogP contribution < -0.4 is 5.32 Å². The van der Waals surface area contributed by atoms with Crippen LogP contribution in [0.3, 0.4) is 0 Å². The van der Waals surface area contributed by atoms with Crippen molar-refractivity contribution in [2.45, 2.75) is 0 Å². The molecule has 160 valence electrons. The third kappa shape index (κ3) is 5.16. The Kier molecular flexibility index (Phi) is 6.82. The van der Waals surface area contributed by atoms with Crippen LogP contribution in [0.1, 0.15) is 25.6 Å². The molecule has 12 heteroatoms. The second-order valence-electron chi connectivity index (χ2n) is 6.12. The number of esters is 1. The van der Waals surface area contributed by atoms with Crippen molar-refractivity contribution in [2.75, 3.05) is 20.2 Å². The fourth-order valence-electron chi connectivity index (χ4n) is 2.66. The van der Waals surface area contributed by atoms with Crippen molar-refractivity contribution in [1.82, 2.24) is 10.2 Å². The first kappa shape index (κ1) is 22.2. The van der Waals surface area contributed by atoms with E-state index >= 15 is 0 Å². The van der Waals surface area contributed by atoms with Crippen molar-refractivity contribution < 1.29 is 28.8 Å². The second kappa shape index (κ2) is 9.53. The molecule has 2 aromatic rings. The Morgan fingerprint density at radius 2 is 2.00 bits per heavy atom. The van der Waals surface area contributed by atoms with Crippen LogP contribution in [0.15, 0.2) is 40.6 Å². The Bertz CT molecular complexity index is 1100. The molecule has 3 amide bonds. The van der Waals surface area contributed by atoms with Crippen LogP contribution in [-0.2, 0) is 9.53 Å². The lowest BCUT2D eigenvalue weighted by atomic mass is 10.1. The number of ether oxygens (including phenoxy) is 1. The fourth-order valence-corrected chi connectivity index (χ4v) is 4.25. The zero-order chi connectivity index (χ0) is 22.5. The number of carbonyl (C=O) groups excluding carboxylic acids is 4. The van der Waals surface area contributed by atoms with E-state index in [4.69, 9.17) is 0 Å². The van der Waals surface area contributed by atoms with Gasteiger partial charge in [0.05, 0.1) is 22.5 Å². The number of non-ortho nitro benzene ring substituents is 1. The van der Waals surface area contributed by atoms with Crippen LogP contribution in [0.2, 0.25) is 0 Å². The average molecular weight is 461 g/mol. The molecular weight excluding hydrogens is 446 g/mol. The number of nitrogens with zero attached hydrogens (tertiary/aromatic N) is 2. The number of methoxy groups -OCH3 is 1. The molecule has 2 heterocycles. The van der Waals surface area contributed by atoms with Crippen LogP contribution in [0, 0.1) is 10.1 Å². The number of carbonyl (C=O) groups is 4. The highest BCUT2D eigenvalue weighted by molar-refractivity contribution is 8.18. The molecule has 3 rings (SSSR count). The summed E-state index contributed by atoms with van der Waals surface area (Å²) in [5, 5.41) is 15.0. The zero-order valence-electron chi connectivity index (χ0n) is 16.0. The molecule has 1 aromatic heterocycles. The maximum atomic E-state index is 12.4. The summed E-state index contributed by atoms with van der Waals surface area (Å²) in [6.45, 7) is -0.142. The van der Waals surface area contributed by atoms with Crippen molar-refractivity contribution >= 4 is 57.9 Å². The van der Waals surface area contributed by atoms with Gasteiger partial charge < -0.3 is 10.1 Å². The van der Waals surface area contributed by atoms with Crippen molar-refractivity contribution in [3.05, 3.63) is 66.7 Å². The first-order chi connectivity index (χ1) is 14.8. The van der Waals surface area contributed by atoms with Gasteiger partial charge in [0.2, 0.25) is 0 Å². The number of thioether (sulfide) groups is 1. The Morgan fingerprint density at radius 1 is 1.26 bits per heavy atom. The SMILES string of the molecule is COC(=O)c1cc(C(=O)NCCN2C(=O)SC(=Cc3cccs3)C2=O)cc([N+](=O)[O-])c1. The molecule has 0 aliphatic carbocycles. The minimum absolute atomic E-state index is 0.0700. The summed E-state index contributed by atoms with van der Waals surface area (Å²) >= 11 is 2.25. The molecule has 10 nitrogen and oxygen atoms in total. The van der Waals surface area contributed by atoms with Gasteiger partial charge in [0.1, 0.15) is 0 Å². The van der Waals surface area contributed by atoms with Gasteiger partial charge in [0.25, 0.3) is 22.7 Å². The second-order valence-corrected chi connectivity index (χ2v) is 8.09. The molecule has 1 aliphatic rings. The Labute approximate surface area is 184 Å². The standard InChI is InChI=1S/C19H15N3O7S2/c1-29-18(25)12-7-11(8-13(9-12)22(27)28)16(23)20-4-5-21-17(24)15(31-19(21)26)10-14-3-2-6-30-14/h2-3,6-10H,4-5H2,1H3,(H,20,23). The van der Waals surface area contributed by atoms with Gasteiger partial charge in [-0.15, -0.1) is 11.3 Å². The lowest BCUT2D eigenvalue weighted by molar-refractivity contribution is -0.384. The van der Waals surface area contributed by atoms with Crippen molar-refractivity contribution in [2.24, 2.45) is 0 Å². The predicted octanol–water partition coefficient (Wildman–Crippen LogP) is 2.91. The molecule has 0 atom stereocenters. The largest absolute Gasteiger partial charge is 0.465 e. The van der Waals surface area contributed by atoms with E-state index in [0.29, 0.717) is 4.91 Å². The highest BCUT2D eigenvalue weighted by atomic mass is 32.2. The van der Waals surface area contributed by atoms with E-state index in [1.807, 2.05) is 17.5 Å². The molecule has 0 bridgehead atoms. The minimum atomic E-state index is -0.826. The predicted molar refractivity (Wildman–Crippen MR) is 114 cm³/mol. The molecular formula is C19H15N3O7S2. The van der Waals surface area contributed by atoms with Crippen LogP contribution in [0.4, 0.5) is 10.5 Å². The number of hydrogen-bond acceptors (Lipinski definition) is 9. The third-order valence-electron chi connectivity index (χ3n) is 4.12. The maximum Gasteiger partial charge on any atom is 0.338 e. The van der Waals surface area contributed by atoms with Gasteiger partial charge in [0.15, 0.2) is 0 Å². The van der Waals surface area contributed by atoms with E-state index in [2.05, 4.69) is 10.1 Å². The van der Waals surface area contributed by atoms with E-state index in [-0.39, 0.29) is 24.2 Å². The molecule has 1 saturated heterocycles. The van der Waals surface area contributed by atoms with Gasteiger partial charge in [-0.05, 0) is 35.4 Å². The molecule has 0 saturated carbocycles. The topological polar surface area (TPSA) is 136 Å². The summed E-state index contributed by atoms with van der Waals surface area (Å²) < 4.78 is 4.54. The maximum absolute atomic E-state index is 12.4. The molecule has 1 aromatic carbocycles. The van der Waals surface area contributed by atoms with E-state index < -0.39 is 33.6 Å². The number of nitro benzene ring substituents is 1. The molecule has 1 fully saturated rings. The van der Waals surface area contributed by atoms with E-state index in [1.165, 1.54) is 11.3 Å². The van der Waals surface area contributed by atoms with Crippen molar-refractivity contribution in [3.8, 4) is 0 Å². The van der Waals surface area contributed by atoms with E-state index in [0.717, 1.165) is 46.8 Å². The lowest BCUT2D eigenvalue weighted by Gasteiger charge is -2.13. The van der Waals surface area contributed by atoms with Gasteiger partial charge >= 0.3 is 5.97 Å². The summed E-state index contributed by atoms with van der Waals surface area (Å²) in [6, 6.07) is 6.84. The number of thiophene rings is 1. The number of rotatable bonds is 7. The molecule has 1 aliphatic heterocycles. The van der Waals surface area contributed by atoms with Crippen molar-refractivity contribution in [3.63, 3.8) is 0 Å². The first-order valence-electron chi connectivity index (χ1n) is 8.75. The average Bonchev–Trinajstić information content (AvgIpc) is 3.36. The monoisotopic (exact) mass is 461 g/mol. The highest BCUT2D eigenvalue weighted by Crippen LogP contribution is 2.32. The van der Waals surface area contributed by atoms with Gasteiger partial charge in [-0.1, -0.05) is 6.07 Å². The van der Waals surface area contributed by atoms with Gasteiger partial charge in [-0.3, -0.25) is 29.4 Å². The number of amides is 3. The van der Waals surface area contributed by atoms with Crippen LogP contribution in [0.25, 0.3) is 6.08 Å². The molecule has 1 N–H and O–H groups in total. The summed E-state index contributed by atoms with van der Waals surface area (Å²) in [7, 11) is 1.12. The molecule has 0 radical (unpaired) electrons. The highest BCUT2D eigenvalue weighted by Gasteiger charge is 2.34. The molecule has 0 spiro atoms. The summed E-state index contributed by atoms with van der Waals surface area (Å²) in [5.74, 6) is -1.98. The number of hydrogen-bond donors (Lipinski definition) is 1.